The van der Waals surface area contributed by atoms with E-state index in [2.05, 4.69) is 24.5 Å². The van der Waals surface area contributed by atoms with Crippen LogP contribution in [-0.2, 0) is 9.59 Å². The highest BCUT2D eigenvalue weighted by Crippen LogP contribution is 2.23. The lowest BCUT2D eigenvalue weighted by atomic mass is 9.86. The van der Waals surface area contributed by atoms with Gasteiger partial charge in [-0.05, 0) is 50.7 Å². The predicted octanol–water partition coefficient (Wildman–Crippen LogP) is 0.109. The Morgan fingerprint density at radius 3 is 2.33 bits per heavy atom. The number of carbonyl (C=O) groups is 2. The Balaban J connectivity index is 1.43. The minimum atomic E-state index is -0.0240. The highest BCUT2D eigenvalue weighted by atomic mass is 16.2. The van der Waals surface area contributed by atoms with E-state index in [0.29, 0.717) is 18.5 Å². The third-order valence-electron chi connectivity index (χ3n) is 7.20. The van der Waals surface area contributed by atoms with Crippen molar-refractivity contribution in [3.05, 3.63) is 29.3 Å². The molecule has 0 bridgehead atoms. The van der Waals surface area contributed by atoms with Crippen LogP contribution in [0.4, 0.5) is 5.69 Å². The Morgan fingerprint density at radius 1 is 1.07 bits per heavy atom. The molecule has 1 aliphatic carbocycles. The maximum Gasteiger partial charge on any atom is 0.279 e. The molecule has 6 heteroatoms. The minimum absolute atomic E-state index is 0.0240. The third-order valence-corrected chi connectivity index (χ3v) is 7.20. The first-order valence-corrected chi connectivity index (χ1v) is 11.7. The Kier molecular flexibility index (Phi) is 7.89. The van der Waals surface area contributed by atoms with Crippen LogP contribution in [0.3, 0.4) is 0 Å². The standard InChI is InChI=1S/C24H38N4O2/c1-17-8-5-6-11-21(17)25-24(30)20(4)28-14-12-27(13-15-28)16-22(29)26-23-18(2)9-7-10-19(23)3/h7,9-10,17,20-21H,5-6,8,11-16H2,1-4H3,(H,25,30)(H,26,29)/p+2/t17-,20-,21+/m0/s1. The van der Waals surface area contributed by atoms with Crippen LogP contribution >= 0.6 is 0 Å². The van der Waals surface area contributed by atoms with E-state index in [-0.39, 0.29) is 17.9 Å². The summed E-state index contributed by atoms with van der Waals surface area (Å²) in [6.45, 7) is 12.6. The van der Waals surface area contributed by atoms with E-state index in [1.165, 1.54) is 29.1 Å². The largest absolute Gasteiger partial charge is 0.348 e. The number of aryl methyl sites for hydroxylation is 2. The Hall–Kier alpha value is -1.92. The molecular formula is C24H40N4O2+2. The van der Waals surface area contributed by atoms with Gasteiger partial charge in [0.2, 0.25) is 0 Å². The molecule has 166 valence electrons. The number of hydrogen-bond acceptors (Lipinski definition) is 2. The minimum Gasteiger partial charge on any atom is -0.348 e. The Morgan fingerprint density at radius 2 is 1.70 bits per heavy atom. The van der Waals surface area contributed by atoms with Gasteiger partial charge < -0.3 is 20.4 Å². The second kappa shape index (κ2) is 10.4. The van der Waals surface area contributed by atoms with Crippen molar-refractivity contribution in [3.63, 3.8) is 0 Å². The number of rotatable bonds is 6. The van der Waals surface area contributed by atoms with Gasteiger partial charge >= 0.3 is 0 Å². The van der Waals surface area contributed by atoms with Gasteiger partial charge in [-0.3, -0.25) is 9.59 Å². The molecule has 0 unspecified atom stereocenters. The maximum absolute atomic E-state index is 12.8. The zero-order chi connectivity index (χ0) is 21.7. The first-order valence-electron chi connectivity index (χ1n) is 11.7. The van der Waals surface area contributed by atoms with Gasteiger partial charge in [0.05, 0.1) is 0 Å². The molecule has 2 amide bonds. The van der Waals surface area contributed by atoms with E-state index in [9.17, 15) is 9.59 Å². The van der Waals surface area contributed by atoms with Crippen molar-refractivity contribution >= 4 is 17.5 Å². The Labute approximate surface area is 181 Å². The number of quaternary nitrogens is 2. The quantitative estimate of drug-likeness (QED) is 0.532. The average molecular weight is 417 g/mol. The highest BCUT2D eigenvalue weighted by Gasteiger charge is 2.33. The van der Waals surface area contributed by atoms with E-state index >= 15 is 0 Å². The summed E-state index contributed by atoms with van der Waals surface area (Å²) in [4.78, 5) is 28.0. The van der Waals surface area contributed by atoms with E-state index in [0.717, 1.165) is 49.4 Å². The van der Waals surface area contributed by atoms with Gasteiger partial charge in [-0.2, -0.15) is 0 Å². The summed E-state index contributed by atoms with van der Waals surface area (Å²) in [5.41, 5.74) is 3.13. The molecule has 1 saturated carbocycles. The van der Waals surface area contributed by atoms with Crippen molar-refractivity contribution < 1.29 is 19.4 Å². The second-order valence-corrected chi connectivity index (χ2v) is 9.50. The lowest BCUT2D eigenvalue weighted by Gasteiger charge is -2.34. The molecular weight excluding hydrogens is 376 g/mol. The number of para-hydroxylation sites is 1. The molecule has 0 spiro atoms. The van der Waals surface area contributed by atoms with Crippen LogP contribution in [-0.4, -0.2) is 56.6 Å². The predicted molar refractivity (Wildman–Crippen MR) is 120 cm³/mol. The van der Waals surface area contributed by atoms with Gasteiger partial charge in [0.1, 0.15) is 26.2 Å². The molecule has 6 nitrogen and oxygen atoms in total. The zero-order valence-electron chi connectivity index (χ0n) is 19.1. The smallest absolute Gasteiger partial charge is 0.279 e. The molecule has 4 N–H and O–H groups in total. The summed E-state index contributed by atoms with van der Waals surface area (Å²) in [5, 5.41) is 6.41. The molecule has 1 saturated heterocycles. The van der Waals surface area contributed by atoms with E-state index in [1.54, 1.807) is 0 Å². The summed E-state index contributed by atoms with van der Waals surface area (Å²) >= 11 is 0. The number of amides is 2. The molecule has 1 aromatic carbocycles. The summed E-state index contributed by atoms with van der Waals surface area (Å²) in [5.74, 6) is 0.851. The lowest BCUT2D eigenvalue weighted by Crippen LogP contribution is -3.30. The number of nitrogens with one attached hydrogen (secondary N) is 4. The van der Waals surface area contributed by atoms with Crippen molar-refractivity contribution in [1.82, 2.24) is 5.32 Å². The van der Waals surface area contributed by atoms with Gasteiger partial charge in [0.25, 0.3) is 11.8 Å². The van der Waals surface area contributed by atoms with Crippen LogP contribution in [0.2, 0.25) is 0 Å². The van der Waals surface area contributed by atoms with Gasteiger partial charge in [0.15, 0.2) is 12.6 Å². The molecule has 0 aromatic heterocycles. The summed E-state index contributed by atoms with van der Waals surface area (Å²) in [6.07, 6.45) is 4.85. The van der Waals surface area contributed by atoms with E-state index < -0.39 is 0 Å². The molecule has 30 heavy (non-hydrogen) atoms. The molecule has 1 aliphatic heterocycles. The van der Waals surface area contributed by atoms with Crippen LogP contribution in [0.5, 0.6) is 0 Å². The van der Waals surface area contributed by atoms with Gasteiger partial charge in [-0.1, -0.05) is 38.0 Å². The summed E-state index contributed by atoms with van der Waals surface area (Å²) in [7, 11) is 0. The molecule has 2 fully saturated rings. The van der Waals surface area contributed by atoms with Gasteiger partial charge in [-0.25, -0.2) is 0 Å². The van der Waals surface area contributed by atoms with Crippen LogP contribution in [0.25, 0.3) is 0 Å². The summed E-state index contributed by atoms with van der Waals surface area (Å²) < 4.78 is 0. The van der Waals surface area contributed by atoms with Crippen molar-refractivity contribution in [1.29, 1.82) is 0 Å². The SMILES string of the molecule is Cc1cccc(C)c1NC(=O)C[NH+]1CC[NH+]([C@@H](C)C(=O)N[C@@H]2CCCC[C@@H]2C)CC1. The van der Waals surface area contributed by atoms with Crippen LogP contribution < -0.4 is 20.4 Å². The first kappa shape index (κ1) is 22.8. The lowest BCUT2D eigenvalue weighted by molar-refractivity contribution is -1.01. The second-order valence-electron chi connectivity index (χ2n) is 9.50. The van der Waals surface area contributed by atoms with E-state index in [4.69, 9.17) is 0 Å². The number of benzene rings is 1. The normalized spacial score (nSPS) is 27.9. The summed E-state index contributed by atoms with van der Waals surface area (Å²) in [6, 6.07) is 6.38. The Bertz CT molecular complexity index is 722. The van der Waals surface area contributed by atoms with Crippen LogP contribution in [0.1, 0.15) is 50.7 Å². The maximum atomic E-state index is 12.8. The van der Waals surface area contributed by atoms with Crippen molar-refractivity contribution in [2.24, 2.45) is 5.92 Å². The van der Waals surface area contributed by atoms with Crippen LogP contribution in [0, 0.1) is 19.8 Å². The molecule has 2 aliphatic rings. The zero-order valence-corrected chi connectivity index (χ0v) is 19.1. The van der Waals surface area contributed by atoms with Crippen molar-refractivity contribution in [2.75, 3.05) is 38.0 Å². The fourth-order valence-corrected chi connectivity index (χ4v) is 4.98. The average Bonchev–Trinajstić information content (AvgIpc) is 2.72. The van der Waals surface area contributed by atoms with Crippen molar-refractivity contribution in [3.8, 4) is 0 Å². The topological polar surface area (TPSA) is 67.1 Å². The van der Waals surface area contributed by atoms with Crippen LogP contribution in [0.15, 0.2) is 18.2 Å². The first-order chi connectivity index (χ1) is 14.3. The number of carbonyl (C=O) groups excluding carboxylic acids is 2. The number of anilines is 1. The molecule has 3 atom stereocenters. The molecule has 0 radical (unpaired) electrons. The molecule has 1 aromatic rings. The fraction of sp³-hybridized carbons (Fsp3) is 0.667. The van der Waals surface area contributed by atoms with Gasteiger partial charge in [-0.15, -0.1) is 0 Å². The van der Waals surface area contributed by atoms with Gasteiger partial charge in [0, 0.05) is 11.7 Å². The fourth-order valence-electron chi connectivity index (χ4n) is 4.98. The number of piperazine rings is 1. The molecule has 1 heterocycles. The monoisotopic (exact) mass is 416 g/mol. The number of hydrogen-bond donors (Lipinski definition) is 4. The molecule has 3 rings (SSSR count). The van der Waals surface area contributed by atoms with E-state index in [1.807, 2.05) is 32.0 Å². The van der Waals surface area contributed by atoms with Crippen molar-refractivity contribution in [2.45, 2.75) is 65.5 Å². The highest BCUT2D eigenvalue weighted by molar-refractivity contribution is 5.93. The third kappa shape index (κ3) is 5.82.